The number of hydrogen-bond acceptors (Lipinski definition) is 4. The monoisotopic (exact) mass is 278 g/mol. The summed E-state index contributed by atoms with van der Waals surface area (Å²) in [5.74, 6) is 2.38. The predicted octanol–water partition coefficient (Wildman–Crippen LogP) is 3.23. The van der Waals surface area contributed by atoms with Crippen molar-refractivity contribution in [2.24, 2.45) is 21.8 Å². The second-order valence-electron chi connectivity index (χ2n) is 6.49. The van der Waals surface area contributed by atoms with Gasteiger partial charge in [-0.15, -0.1) is 0 Å². The Morgan fingerprint density at radius 2 is 1.30 bits per heavy atom. The van der Waals surface area contributed by atoms with E-state index in [0.717, 1.165) is 11.1 Å². The van der Waals surface area contributed by atoms with Gasteiger partial charge in [-0.2, -0.15) is 0 Å². The van der Waals surface area contributed by atoms with Crippen LogP contribution in [-0.4, -0.2) is 37.1 Å². The van der Waals surface area contributed by atoms with E-state index in [0.29, 0.717) is 36.8 Å². The van der Waals surface area contributed by atoms with Gasteiger partial charge in [0.25, 0.3) is 0 Å². The summed E-state index contributed by atoms with van der Waals surface area (Å²) >= 11 is 0. The van der Waals surface area contributed by atoms with Crippen LogP contribution < -0.4 is 0 Å². The molecular formula is C16H26N2O2. The molecule has 0 amide bonds. The van der Waals surface area contributed by atoms with Crippen molar-refractivity contribution in [3.05, 3.63) is 11.1 Å². The summed E-state index contributed by atoms with van der Waals surface area (Å²) in [7, 11) is 0. The van der Waals surface area contributed by atoms with E-state index in [9.17, 15) is 0 Å². The van der Waals surface area contributed by atoms with Gasteiger partial charge in [-0.05, 0) is 25.7 Å². The van der Waals surface area contributed by atoms with Gasteiger partial charge in [0.15, 0.2) is 0 Å². The molecule has 0 spiro atoms. The molecule has 0 saturated carbocycles. The molecule has 2 aliphatic rings. The van der Waals surface area contributed by atoms with Crippen molar-refractivity contribution in [2.75, 3.05) is 13.2 Å². The Kier molecular flexibility index (Phi) is 4.51. The second kappa shape index (κ2) is 5.98. The summed E-state index contributed by atoms with van der Waals surface area (Å²) in [6.07, 6.45) is 0. The van der Waals surface area contributed by atoms with E-state index in [1.54, 1.807) is 0 Å². The maximum atomic E-state index is 5.79. The van der Waals surface area contributed by atoms with Gasteiger partial charge >= 0.3 is 0 Å². The van der Waals surface area contributed by atoms with E-state index in [1.165, 1.54) is 0 Å². The Morgan fingerprint density at radius 3 is 1.55 bits per heavy atom. The highest BCUT2D eigenvalue weighted by molar-refractivity contribution is 6.19. The summed E-state index contributed by atoms with van der Waals surface area (Å²) < 4.78 is 11.6. The van der Waals surface area contributed by atoms with Gasteiger partial charge in [0.05, 0.1) is 17.7 Å². The molecule has 2 rings (SSSR count). The van der Waals surface area contributed by atoms with Gasteiger partial charge < -0.3 is 9.47 Å². The lowest BCUT2D eigenvalue weighted by atomic mass is 10.1. The maximum Gasteiger partial charge on any atom is 0.222 e. The lowest BCUT2D eigenvalue weighted by Crippen LogP contribution is -2.15. The molecule has 0 aromatic heterocycles. The Hall–Kier alpha value is -1.32. The van der Waals surface area contributed by atoms with E-state index in [-0.39, 0.29) is 12.1 Å². The molecule has 2 atom stereocenters. The van der Waals surface area contributed by atoms with Crippen LogP contribution in [0.25, 0.3) is 0 Å². The molecule has 0 N–H and O–H groups in total. The predicted molar refractivity (Wildman–Crippen MR) is 82.4 cm³/mol. The van der Waals surface area contributed by atoms with E-state index in [4.69, 9.17) is 19.5 Å². The highest BCUT2D eigenvalue weighted by atomic mass is 16.5. The minimum absolute atomic E-state index is 0.238. The van der Waals surface area contributed by atoms with Crippen LogP contribution in [0.3, 0.4) is 0 Å². The Labute approximate surface area is 122 Å². The van der Waals surface area contributed by atoms with Crippen LogP contribution in [0.4, 0.5) is 0 Å². The van der Waals surface area contributed by atoms with Gasteiger partial charge in [0, 0.05) is 0 Å². The number of hydrogen-bond donors (Lipinski definition) is 0. The van der Waals surface area contributed by atoms with E-state index < -0.39 is 0 Å². The number of nitrogens with zero attached hydrogens (tertiary/aromatic N) is 2. The van der Waals surface area contributed by atoms with Gasteiger partial charge in [-0.25, -0.2) is 9.98 Å². The summed E-state index contributed by atoms with van der Waals surface area (Å²) in [6, 6.07) is 0.476. The van der Waals surface area contributed by atoms with Crippen LogP contribution in [-0.2, 0) is 9.47 Å². The molecule has 0 saturated heterocycles. The molecule has 0 fully saturated rings. The van der Waals surface area contributed by atoms with E-state index >= 15 is 0 Å². The first-order valence-electron chi connectivity index (χ1n) is 7.49. The molecular weight excluding hydrogens is 252 g/mol. The zero-order valence-electron chi connectivity index (χ0n) is 13.4. The summed E-state index contributed by atoms with van der Waals surface area (Å²) in [6.45, 7) is 14.1. The quantitative estimate of drug-likeness (QED) is 0.792. The highest BCUT2D eigenvalue weighted by Gasteiger charge is 2.31. The molecule has 112 valence electrons. The van der Waals surface area contributed by atoms with Crippen molar-refractivity contribution in [3.8, 4) is 0 Å². The van der Waals surface area contributed by atoms with Crippen molar-refractivity contribution in [2.45, 2.75) is 53.6 Å². The first-order chi connectivity index (χ1) is 9.40. The number of allylic oxidation sites excluding steroid dienone is 1. The van der Waals surface area contributed by atoms with Crippen LogP contribution in [0.15, 0.2) is 21.1 Å². The molecule has 2 heterocycles. The fourth-order valence-electron chi connectivity index (χ4n) is 2.25. The second-order valence-corrected chi connectivity index (χ2v) is 6.49. The molecule has 4 heteroatoms. The summed E-state index contributed by atoms with van der Waals surface area (Å²) in [5.41, 5.74) is 2.08. The SMILES string of the molecule is CC(C)=C(C1=N[C@@H](C(C)C)CO1)C1=N[C@@H](C(C)C)CO1. The Morgan fingerprint density at radius 1 is 0.900 bits per heavy atom. The lowest BCUT2D eigenvalue weighted by Gasteiger charge is -2.09. The average Bonchev–Trinajstić information content (AvgIpc) is 2.97. The molecule has 20 heavy (non-hydrogen) atoms. The molecule has 0 aliphatic carbocycles. The minimum atomic E-state index is 0.238. The highest BCUT2D eigenvalue weighted by Crippen LogP contribution is 2.24. The first kappa shape index (κ1) is 15.1. The van der Waals surface area contributed by atoms with Crippen LogP contribution in [0.2, 0.25) is 0 Å². The maximum absolute atomic E-state index is 5.79. The van der Waals surface area contributed by atoms with Crippen LogP contribution >= 0.6 is 0 Å². The third kappa shape index (κ3) is 3.05. The van der Waals surface area contributed by atoms with Crippen molar-refractivity contribution in [1.29, 1.82) is 0 Å². The Bertz CT molecular complexity index is 421. The van der Waals surface area contributed by atoms with Crippen LogP contribution in [0.1, 0.15) is 41.5 Å². The van der Waals surface area contributed by atoms with E-state index in [1.807, 2.05) is 0 Å². The number of ether oxygens (including phenoxy) is 2. The minimum Gasteiger partial charge on any atom is -0.475 e. The summed E-state index contributed by atoms with van der Waals surface area (Å²) in [4.78, 5) is 9.40. The smallest absolute Gasteiger partial charge is 0.222 e. The van der Waals surface area contributed by atoms with Crippen molar-refractivity contribution in [1.82, 2.24) is 0 Å². The van der Waals surface area contributed by atoms with Crippen LogP contribution in [0, 0.1) is 11.8 Å². The van der Waals surface area contributed by atoms with Crippen molar-refractivity contribution < 1.29 is 9.47 Å². The standard InChI is InChI=1S/C16H26N2O2/c1-9(2)12-7-19-15(17-12)14(11(5)6)16-18-13(8-20-16)10(3)4/h9-10,12-13H,7-8H2,1-6H3/t12-,13-/m1/s1. The topological polar surface area (TPSA) is 43.2 Å². The average molecular weight is 278 g/mol. The molecule has 0 radical (unpaired) electrons. The zero-order valence-corrected chi connectivity index (χ0v) is 13.4. The van der Waals surface area contributed by atoms with Crippen molar-refractivity contribution in [3.63, 3.8) is 0 Å². The van der Waals surface area contributed by atoms with Gasteiger partial charge in [0.1, 0.15) is 13.2 Å². The van der Waals surface area contributed by atoms with E-state index in [2.05, 4.69) is 41.5 Å². The largest absolute Gasteiger partial charge is 0.475 e. The molecule has 0 aromatic rings. The molecule has 0 unspecified atom stereocenters. The zero-order chi connectivity index (χ0) is 14.9. The summed E-state index contributed by atoms with van der Waals surface area (Å²) in [5, 5.41) is 0. The molecule has 2 aliphatic heterocycles. The van der Waals surface area contributed by atoms with Gasteiger partial charge in [-0.3, -0.25) is 0 Å². The van der Waals surface area contributed by atoms with Crippen molar-refractivity contribution >= 4 is 11.8 Å². The number of aliphatic imine (C=N–C) groups is 2. The molecule has 0 bridgehead atoms. The van der Waals surface area contributed by atoms with Crippen LogP contribution in [0.5, 0.6) is 0 Å². The first-order valence-corrected chi connectivity index (χ1v) is 7.49. The fourth-order valence-corrected chi connectivity index (χ4v) is 2.25. The third-order valence-electron chi connectivity index (χ3n) is 3.81. The molecule has 4 nitrogen and oxygen atoms in total. The normalized spacial score (nSPS) is 25.4. The Balaban J connectivity index is 2.25. The fraction of sp³-hybridized carbons (Fsp3) is 0.750. The molecule has 0 aromatic carbocycles. The number of rotatable bonds is 4. The van der Waals surface area contributed by atoms with Gasteiger partial charge in [-0.1, -0.05) is 33.3 Å². The third-order valence-corrected chi connectivity index (χ3v) is 3.81. The van der Waals surface area contributed by atoms with Gasteiger partial charge in [0.2, 0.25) is 11.8 Å². The lowest BCUT2D eigenvalue weighted by molar-refractivity contribution is 0.284.